The molecule has 1 rings (SSSR count). The lowest BCUT2D eigenvalue weighted by atomic mass is 10.2. The Kier molecular flexibility index (Phi) is 3.36. The summed E-state index contributed by atoms with van der Waals surface area (Å²) >= 11 is 0. The van der Waals surface area contributed by atoms with E-state index in [-0.39, 0.29) is 22.5 Å². The highest BCUT2D eigenvalue weighted by atomic mass is 79.9. The van der Waals surface area contributed by atoms with Crippen LogP contribution in [0, 0.1) is 13.8 Å². The normalized spacial score (nSPS) is 8.60. The van der Waals surface area contributed by atoms with Gasteiger partial charge in [0.1, 0.15) is 0 Å². The molecule has 0 spiro atoms. The Bertz CT molecular complexity index is 267. The molecule has 0 aliphatic rings. The fourth-order valence-corrected chi connectivity index (χ4v) is 0.655. The summed E-state index contributed by atoms with van der Waals surface area (Å²) in [5, 5.41) is 0. The first-order chi connectivity index (χ1) is 4.22. The largest absolute Gasteiger partial charge is 0.329 e. The van der Waals surface area contributed by atoms with Gasteiger partial charge in [0.2, 0.25) is 0 Å². The molecule has 0 radical (unpaired) electrons. The molecule has 0 aromatic carbocycles. The summed E-state index contributed by atoms with van der Waals surface area (Å²) in [7, 11) is 0. The van der Waals surface area contributed by atoms with Crippen molar-refractivity contribution >= 4 is 17.0 Å². The third-order valence-electron chi connectivity index (χ3n) is 1.48. The lowest BCUT2D eigenvalue weighted by Gasteiger charge is -1.93. The fourth-order valence-electron chi connectivity index (χ4n) is 0.655. The first-order valence-corrected chi connectivity index (χ1v) is 2.86. The summed E-state index contributed by atoms with van der Waals surface area (Å²) in [4.78, 5) is 13.4. The lowest BCUT2D eigenvalue weighted by molar-refractivity contribution is 1.14. The number of aryl methyl sites for hydroxylation is 1. The minimum atomic E-state index is 0. The average molecular weight is 204 g/mol. The highest BCUT2D eigenvalue weighted by molar-refractivity contribution is 8.93. The Morgan fingerprint density at radius 1 is 1.40 bits per heavy atom. The summed E-state index contributed by atoms with van der Waals surface area (Å²) in [5.41, 5.74) is 1.85. The Hall–Kier alpha value is -0.570. The molecule has 0 fully saturated rings. The second-order valence-electron chi connectivity index (χ2n) is 2.11. The maximum atomic E-state index is 10.8. The van der Waals surface area contributed by atoms with Gasteiger partial charge < -0.3 is 4.98 Å². The van der Waals surface area contributed by atoms with Crippen LogP contribution in [-0.2, 0) is 0 Å². The van der Waals surface area contributed by atoms with Crippen LogP contribution in [0.5, 0.6) is 0 Å². The molecule has 10 heavy (non-hydrogen) atoms. The van der Waals surface area contributed by atoms with E-state index in [2.05, 4.69) is 4.98 Å². The van der Waals surface area contributed by atoms with Crippen molar-refractivity contribution in [3.8, 4) is 0 Å². The van der Waals surface area contributed by atoms with Gasteiger partial charge in [0.25, 0.3) is 5.56 Å². The smallest absolute Gasteiger partial charge is 0.251 e. The molecule has 3 heteroatoms. The summed E-state index contributed by atoms with van der Waals surface area (Å²) < 4.78 is 0. The van der Waals surface area contributed by atoms with Crippen LogP contribution >= 0.6 is 17.0 Å². The van der Waals surface area contributed by atoms with E-state index in [0.717, 1.165) is 11.1 Å². The SMILES string of the molecule is Br.Cc1cc[nH]c(=O)c1C. The second kappa shape index (κ2) is 3.56. The van der Waals surface area contributed by atoms with E-state index in [1.54, 1.807) is 6.20 Å². The van der Waals surface area contributed by atoms with Gasteiger partial charge in [-0.2, -0.15) is 0 Å². The highest BCUT2D eigenvalue weighted by Crippen LogP contribution is 1.95. The van der Waals surface area contributed by atoms with Gasteiger partial charge in [0.05, 0.1) is 0 Å². The van der Waals surface area contributed by atoms with Gasteiger partial charge >= 0.3 is 0 Å². The monoisotopic (exact) mass is 203 g/mol. The van der Waals surface area contributed by atoms with Crippen LogP contribution < -0.4 is 5.56 Å². The molecule has 0 unspecified atom stereocenters. The minimum Gasteiger partial charge on any atom is -0.329 e. The van der Waals surface area contributed by atoms with Crippen LogP contribution in [0.2, 0.25) is 0 Å². The van der Waals surface area contributed by atoms with Crippen molar-refractivity contribution in [3.05, 3.63) is 33.7 Å². The standard InChI is InChI=1S/C7H9NO.BrH/c1-5-3-4-8-7(9)6(5)2;/h3-4H,1-2H3,(H,8,9);1H. The predicted octanol–water partition coefficient (Wildman–Crippen LogP) is 1.57. The van der Waals surface area contributed by atoms with E-state index in [1.807, 2.05) is 19.9 Å². The summed E-state index contributed by atoms with van der Waals surface area (Å²) in [6, 6.07) is 1.89. The van der Waals surface area contributed by atoms with Crippen LogP contribution in [0.4, 0.5) is 0 Å². The van der Waals surface area contributed by atoms with Gasteiger partial charge in [-0.05, 0) is 25.5 Å². The number of halogens is 1. The molecule has 56 valence electrons. The molecule has 1 heterocycles. The number of aromatic nitrogens is 1. The van der Waals surface area contributed by atoms with Crippen LogP contribution in [0.15, 0.2) is 17.1 Å². The molecule has 0 saturated heterocycles. The van der Waals surface area contributed by atoms with Gasteiger partial charge in [0.15, 0.2) is 0 Å². The molecule has 0 aliphatic heterocycles. The lowest BCUT2D eigenvalue weighted by Crippen LogP contribution is -2.08. The molecule has 0 amide bonds. The molecule has 1 N–H and O–H groups in total. The first kappa shape index (κ1) is 9.43. The van der Waals surface area contributed by atoms with Crippen molar-refractivity contribution in [1.82, 2.24) is 4.98 Å². The van der Waals surface area contributed by atoms with Crippen molar-refractivity contribution in [2.75, 3.05) is 0 Å². The van der Waals surface area contributed by atoms with Gasteiger partial charge in [0, 0.05) is 11.8 Å². The average Bonchev–Trinajstić information content (AvgIpc) is 1.83. The van der Waals surface area contributed by atoms with Gasteiger partial charge in [-0.25, -0.2) is 0 Å². The van der Waals surface area contributed by atoms with Gasteiger partial charge in [-0.1, -0.05) is 0 Å². The van der Waals surface area contributed by atoms with Crippen molar-refractivity contribution in [3.63, 3.8) is 0 Å². The Morgan fingerprint density at radius 3 is 2.40 bits per heavy atom. The minimum absolute atomic E-state index is 0. The van der Waals surface area contributed by atoms with Crippen LogP contribution in [-0.4, -0.2) is 4.98 Å². The maximum absolute atomic E-state index is 10.8. The predicted molar refractivity (Wildman–Crippen MR) is 46.9 cm³/mol. The zero-order valence-electron chi connectivity index (χ0n) is 5.97. The number of aromatic amines is 1. The molecule has 0 aliphatic carbocycles. The third kappa shape index (κ3) is 1.70. The number of H-pyrrole nitrogens is 1. The highest BCUT2D eigenvalue weighted by Gasteiger charge is 1.92. The summed E-state index contributed by atoms with van der Waals surface area (Å²) in [6.07, 6.45) is 1.66. The van der Waals surface area contributed by atoms with Gasteiger partial charge in [-0.15, -0.1) is 17.0 Å². The molecular formula is C7H10BrNO. The second-order valence-corrected chi connectivity index (χ2v) is 2.11. The Balaban J connectivity index is 0.000000810. The number of pyridine rings is 1. The molecule has 1 aromatic rings. The third-order valence-corrected chi connectivity index (χ3v) is 1.48. The molecule has 2 nitrogen and oxygen atoms in total. The van der Waals surface area contributed by atoms with Gasteiger partial charge in [-0.3, -0.25) is 4.79 Å². The number of hydrogen-bond acceptors (Lipinski definition) is 1. The van der Waals surface area contributed by atoms with Crippen molar-refractivity contribution < 1.29 is 0 Å². The van der Waals surface area contributed by atoms with Crippen molar-refractivity contribution in [2.45, 2.75) is 13.8 Å². The number of nitrogens with one attached hydrogen (secondary N) is 1. The molecule has 1 aromatic heterocycles. The Labute approximate surface area is 70.1 Å². The zero-order chi connectivity index (χ0) is 6.85. The molecule has 0 saturated carbocycles. The zero-order valence-corrected chi connectivity index (χ0v) is 7.68. The molecule has 0 atom stereocenters. The molecular weight excluding hydrogens is 194 g/mol. The van der Waals surface area contributed by atoms with E-state index >= 15 is 0 Å². The number of rotatable bonds is 0. The summed E-state index contributed by atoms with van der Waals surface area (Å²) in [5.74, 6) is 0. The maximum Gasteiger partial charge on any atom is 0.251 e. The fraction of sp³-hybridized carbons (Fsp3) is 0.286. The van der Waals surface area contributed by atoms with Crippen molar-refractivity contribution in [2.24, 2.45) is 0 Å². The van der Waals surface area contributed by atoms with E-state index in [4.69, 9.17) is 0 Å². The van der Waals surface area contributed by atoms with E-state index in [0.29, 0.717) is 0 Å². The van der Waals surface area contributed by atoms with Crippen LogP contribution in [0.25, 0.3) is 0 Å². The van der Waals surface area contributed by atoms with E-state index in [9.17, 15) is 4.79 Å². The number of hydrogen-bond donors (Lipinski definition) is 1. The first-order valence-electron chi connectivity index (χ1n) is 2.86. The Morgan fingerprint density at radius 2 is 2.00 bits per heavy atom. The summed E-state index contributed by atoms with van der Waals surface area (Å²) in [6.45, 7) is 3.73. The van der Waals surface area contributed by atoms with E-state index < -0.39 is 0 Å². The van der Waals surface area contributed by atoms with Crippen LogP contribution in [0.1, 0.15) is 11.1 Å². The van der Waals surface area contributed by atoms with Crippen molar-refractivity contribution in [1.29, 1.82) is 0 Å². The van der Waals surface area contributed by atoms with Crippen LogP contribution in [0.3, 0.4) is 0 Å². The molecule has 0 bridgehead atoms. The topological polar surface area (TPSA) is 32.9 Å². The quantitative estimate of drug-likeness (QED) is 0.683. The van der Waals surface area contributed by atoms with E-state index in [1.165, 1.54) is 0 Å².